The average Bonchev–Trinajstić information content (AvgIpc) is 2.83. The molecule has 0 radical (unpaired) electrons. The van der Waals surface area contributed by atoms with E-state index in [0.717, 1.165) is 31.3 Å². The number of rotatable bonds is 4. The number of likely N-dealkylation sites (N-methyl/N-ethyl adjacent to an activating group) is 1. The number of carboxylic acids is 1. The smallest absolute Gasteiger partial charge is 0.347 e. The van der Waals surface area contributed by atoms with E-state index in [0.29, 0.717) is 23.0 Å². The van der Waals surface area contributed by atoms with Crippen LogP contribution in [0.3, 0.4) is 0 Å². The molecule has 6 heteroatoms. The lowest BCUT2D eigenvalue weighted by Gasteiger charge is -2.39. The van der Waals surface area contributed by atoms with E-state index >= 15 is 0 Å². The van der Waals surface area contributed by atoms with Gasteiger partial charge in [0, 0.05) is 25.7 Å². The molecule has 1 fully saturated rings. The molecule has 1 aliphatic rings. The third-order valence-electron chi connectivity index (χ3n) is 3.66. The van der Waals surface area contributed by atoms with Gasteiger partial charge in [0.15, 0.2) is 5.13 Å². The highest BCUT2D eigenvalue weighted by atomic mass is 32.1. The van der Waals surface area contributed by atoms with Gasteiger partial charge in [0.1, 0.15) is 4.88 Å². The Hall–Kier alpha value is -1.14. The molecule has 0 bridgehead atoms. The largest absolute Gasteiger partial charge is 0.477 e. The van der Waals surface area contributed by atoms with Crippen molar-refractivity contribution in [1.82, 2.24) is 9.88 Å². The molecule has 1 aliphatic heterocycles. The zero-order chi connectivity index (χ0) is 14.0. The van der Waals surface area contributed by atoms with Crippen LogP contribution in [0, 0.1) is 0 Å². The van der Waals surface area contributed by atoms with Crippen molar-refractivity contribution < 1.29 is 9.90 Å². The van der Waals surface area contributed by atoms with Crippen molar-refractivity contribution in [2.45, 2.75) is 33.2 Å². The first-order valence-electron chi connectivity index (χ1n) is 6.78. The van der Waals surface area contributed by atoms with Crippen LogP contribution in [-0.4, -0.2) is 53.2 Å². The number of anilines is 1. The standard InChI is InChI=1S/C13H21N3O2S/c1-4-10-11(12(17)18)19-13(14-10)16-7-6-15(5-2)9(3)8-16/h9H,4-8H2,1-3H3,(H,17,18). The normalized spacial score (nSPS) is 20.8. The van der Waals surface area contributed by atoms with Crippen molar-refractivity contribution in [2.75, 3.05) is 31.1 Å². The lowest BCUT2D eigenvalue weighted by atomic mass is 10.2. The van der Waals surface area contributed by atoms with Crippen molar-refractivity contribution in [1.29, 1.82) is 0 Å². The molecule has 5 nitrogen and oxygen atoms in total. The molecular formula is C13H21N3O2S. The number of piperazine rings is 1. The van der Waals surface area contributed by atoms with Gasteiger partial charge in [-0.25, -0.2) is 9.78 Å². The van der Waals surface area contributed by atoms with Crippen LogP contribution in [0.4, 0.5) is 5.13 Å². The van der Waals surface area contributed by atoms with E-state index in [1.807, 2.05) is 6.92 Å². The third-order valence-corrected chi connectivity index (χ3v) is 4.80. The Morgan fingerprint density at radius 2 is 2.21 bits per heavy atom. The Kier molecular flexibility index (Phi) is 4.42. The number of nitrogens with zero attached hydrogens (tertiary/aromatic N) is 3. The summed E-state index contributed by atoms with van der Waals surface area (Å²) in [5, 5.41) is 10.0. The van der Waals surface area contributed by atoms with Crippen molar-refractivity contribution in [3.8, 4) is 0 Å². The predicted molar refractivity (Wildman–Crippen MR) is 77.4 cm³/mol. The summed E-state index contributed by atoms with van der Waals surface area (Å²) >= 11 is 1.31. The van der Waals surface area contributed by atoms with Gasteiger partial charge in [-0.1, -0.05) is 25.2 Å². The van der Waals surface area contributed by atoms with Crippen LogP contribution in [0.2, 0.25) is 0 Å². The molecule has 0 spiro atoms. The Bertz CT molecular complexity index is 461. The average molecular weight is 283 g/mol. The Labute approximate surface area is 117 Å². The zero-order valence-electron chi connectivity index (χ0n) is 11.7. The van der Waals surface area contributed by atoms with Crippen LogP contribution in [0.15, 0.2) is 0 Å². The highest BCUT2D eigenvalue weighted by molar-refractivity contribution is 7.17. The molecule has 2 rings (SSSR count). The topological polar surface area (TPSA) is 56.7 Å². The first kappa shape index (κ1) is 14.3. The fourth-order valence-electron chi connectivity index (χ4n) is 2.52. The van der Waals surface area contributed by atoms with Gasteiger partial charge in [-0.15, -0.1) is 0 Å². The number of thiazole rings is 1. The van der Waals surface area contributed by atoms with Gasteiger partial charge in [-0.05, 0) is 19.9 Å². The molecule has 0 amide bonds. The lowest BCUT2D eigenvalue weighted by molar-refractivity contribution is 0.0701. The van der Waals surface area contributed by atoms with E-state index in [9.17, 15) is 9.90 Å². The van der Waals surface area contributed by atoms with Gasteiger partial charge in [-0.3, -0.25) is 4.90 Å². The summed E-state index contributed by atoms with van der Waals surface area (Å²) in [7, 11) is 0. The molecule has 1 aromatic rings. The summed E-state index contributed by atoms with van der Waals surface area (Å²) in [6.07, 6.45) is 0.669. The molecule has 1 N–H and O–H groups in total. The van der Waals surface area contributed by atoms with Crippen molar-refractivity contribution in [2.24, 2.45) is 0 Å². The molecule has 2 heterocycles. The second-order valence-electron chi connectivity index (χ2n) is 4.85. The van der Waals surface area contributed by atoms with Crippen LogP contribution in [0.25, 0.3) is 0 Å². The van der Waals surface area contributed by atoms with E-state index in [1.165, 1.54) is 11.3 Å². The Morgan fingerprint density at radius 1 is 1.47 bits per heavy atom. The van der Waals surface area contributed by atoms with Crippen LogP contribution in [0.1, 0.15) is 36.1 Å². The van der Waals surface area contributed by atoms with Gasteiger partial charge >= 0.3 is 5.97 Å². The Morgan fingerprint density at radius 3 is 2.68 bits per heavy atom. The summed E-state index contributed by atoms with van der Waals surface area (Å²) in [6.45, 7) is 10.3. The number of aromatic carboxylic acids is 1. The number of aromatic nitrogens is 1. The maximum Gasteiger partial charge on any atom is 0.347 e. The monoisotopic (exact) mass is 283 g/mol. The minimum Gasteiger partial charge on any atom is -0.477 e. The molecule has 0 aliphatic carbocycles. The lowest BCUT2D eigenvalue weighted by Crippen LogP contribution is -2.51. The highest BCUT2D eigenvalue weighted by Gasteiger charge is 2.26. The second-order valence-corrected chi connectivity index (χ2v) is 5.83. The van der Waals surface area contributed by atoms with Gasteiger partial charge in [0.2, 0.25) is 0 Å². The van der Waals surface area contributed by atoms with Gasteiger partial charge < -0.3 is 10.0 Å². The molecule has 19 heavy (non-hydrogen) atoms. The van der Waals surface area contributed by atoms with Crippen LogP contribution >= 0.6 is 11.3 Å². The second kappa shape index (κ2) is 5.88. The molecule has 0 saturated carbocycles. The fourth-order valence-corrected chi connectivity index (χ4v) is 3.55. The quantitative estimate of drug-likeness (QED) is 0.915. The summed E-state index contributed by atoms with van der Waals surface area (Å²) in [5.41, 5.74) is 0.707. The fraction of sp³-hybridized carbons (Fsp3) is 0.692. The number of hydrogen-bond donors (Lipinski definition) is 1. The highest BCUT2D eigenvalue weighted by Crippen LogP contribution is 2.28. The molecular weight excluding hydrogens is 262 g/mol. The summed E-state index contributed by atoms with van der Waals surface area (Å²) < 4.78 is 0. The van der Waals surface area contributed by atoms with E-state index in [-0.39, 0.29) is 0 Å². The number of aryl methyl sites for hydroxylation is 1. The van der Waals surface area contributed by atoms with Gasteiger partial charge in [-0.2, -0.15) is 0 Å². The number of carboxylic acid groups (broad SMARTS) is 1. The number of hydrogen-bond acceptors (Lipinski definition) is 5. The molecule has 1 aromatic heterocycles. The SMILES string of the molecule is CCc1nc(N2CCN(CC)C(C)C2)sc1C(=O)O. The minimum atomic E-state index is -0.860. The molecule has 0 aromatic carbocycles. The van der Waals surface area contributed by atoms with E-state index in [4.69, 9.17) is 0 Å². The minimum absolute atomic E-state index is 0.392. The summed E-state index contributed by atoms with van der Waals surface area (Å²) in [4.78, 5) is 20.7. The summed E-state index contributed by atoms with van der Waals surface area (Å²) in [5.74, 6) is -0.860. The van der Waals surface area contributed by atoms with Crippen molar-refractivity contribution in [3.05, 3.63) is 10.6 Å². The zero-order valence-corrected chi connectivity index (χ0v) is 12.5. The Balaban J connectivity index is 2.17. The van der Waals surface area contributed by atoms with Crippen molar-refractivity contribution in [3.63, 3.8) is 0 Å². The molecule has 1 atom stereocenters. The van der Waals surface area contributed by atoms with Crippen LogP contribution < -0.4 is 4.90 Å². The summed E-state index contributed by atoms with van der Waals surface area (Å²) in [6, 6.07) is 0.487. The van der Waals surface area contributed by atoms with Gasteiger partial charge in [0.05, 0.1) is 5.69 Å². The first-order chi connectivity index (χ1) is 9.06. The maximum atomic E-state index is 11.2. The third kappa shape index (κ3) is 2.90. The molecule has 1 unspecified atom stereocenters. The van der Waals surface area contributed by atoms with Crippen LogP contribution in [-0.2, 0) is 6.42 Å². The maximum absolute atomic E-state index is 11.2. The molecule has 106 valence electrons. The van der Waals surface area contributed by atoms with E-state index in [2.05, 4.69) is 28.6 Å². The van der Waals surface area contributed by atoms with E-state index < -0.39 is 5.97 Å². The number of carbonyl (C=O) groups is 1. The van der Waals surface area contributed by atoms with Crippen molar-refractivity contribution >= 4 is 22.4 Å². The van der Waals surface area contributed by atoms with Crippen LogP contribution in [0.5, 0.6) is 0 Å². The first-order valence-corrected chi connectivity index (χ1v) is 7.60. The van der Waals surface area contributed by atoms with Gasteiger partial charge in [0.25, 0.3) is 0 Å². The molecule has 1 saturated heterocycles. The predicted octanol–water partition coefficient (Wildman–Crippen LogP) is 1.93. The van der Waals surface area contributed by atoms with E-state index in [1.54, 1.807) is 0 Å².